The summed E-state index contributed by atoms with van der Waals surface area (Å²) in [5, 5.41) is 7.28. The number of anilines is 2. The van der Waals surface area contributed by atoms with Gasteiger partial charge in [0, 0.05) is 24.3 Å². The summed E-state index contributed by atoms with van der Waals surface area (Å²) in [5.74, 6) is 0.753. The maximum Gasteiger partial charge on any atom is 0.228 e. The third kappa shape index (κ3) is 4.18. The van der Waals surface area contributed by atoms with E-state index in [-0.39, 0.29) is 18.2 Å². The van der Waals surface area contributed by atoms with Crippen LogP contribution in [0.15, 0.2) is 48.7 Å². The summed E-state index contributed by atoms with van der Waals surface area (Å²) in [4.78, 5) is 30.4. The number of amides is 2. The monoisotopic (exact) mass is 389 g/mol. The predicted molar refractivity (Wildman–Crippen MR) is 111 cm³/mol. The Kier molecular flexibility index (Phi) is 5.12. The van der Waals surface area contributed by atoms with Crippen molar-refractivity contribution in [2.24, 2.45) is 0 Å². The van der Waals surface area contributed by atoms with Gasteiger partial charge < -0.3 is 10.2 Å². The Balaban J connectivity index is 1.37. The van der Waals surface area contributed by atoms with Crippen molar-refractivity contribution in [3.05, 3.63) is 65.6 Å². The van der Waals surface area contributed by atoms with E-state index >= 15 is 0 Å². The number of hydrogen-bond acceptors (Lipinski definition) is 4. The van der Waals surface area contributed by atoms with Gasteiger partial charge in [-0.1, -0.05) is 12.1 Å². The molecule has 7 nitrogen and oxygen atoms in total. The highest BCUT2D eigenvalue weighted by Gasteiger charge is 2.21. The number of nitrogens with one attached hydrogen (secondary N) is 1. The second-order valence-electron chi connectivity index (χ2n) is 7.28. The van der Waals surface area contributed by atoms with Crippen molar-refractivity contribution < 1.29 is 9.59 Å². The van der Waals surface area contributed by atoms with Crippen LogP contribution in [0.25, 0.3) is 5.82 Å². The molecule has 2 amide bonds. The number of rotatable bonds is 5. The zero-order valence-corrected chi connectivity index (χ0v) is 16.6. The van der Waals surface area contributed by atoms with Gasteiger partial charge in [-0.3, -0.25) is 9.59 Å². The fourth-order valence-corrected chi connectivity index (χ4v) is 3.55. The van der Waals surface area contributed by atoms with Crippen molar-refractivity contribution in [1.82, 2.24) is 14.8 Å². The van der Waals surface area contributed by atoms with Gasteiger partial charge in [0.25, 0.3) is 0 Å². The first-order chi connectivity index (χ1) is 14.0. The number of aromatic nitrogens is 3. The Labute approximate surface area is 169 Å². The fraction of sp³-hybridized carbons (Fsp3) is 0.273. The van der Waals surface area contributed by atoms with Crippen LogP contribution < -0.4 is 10.2 Å². The summed E-state index contributed by atoms with van der Waals surface area (Å²) >= 11 is 0. The lowest BCUT2D eigenvalue weighted by Crippen LogP contribution is -2.23. The number of nitrogens with zero attached hydrogens (tertiary/aromatic N) is 4. The molecule has 2 aromatic heterocycles. The molecule has 4 rings (SSSR count). The van der Waals surface area contributed by atoms with E-state index in [0.29, 0.717) is 17.9 Å². The average molecular weight is 389 g/mol. The average Bonchev–Trinajstić information content (AvgIpc) is 3.27. The van der Waals surface area contributed by atoms with Gasteiger partial charge in [-0.2, -0.15) is 5.10 Å². The lowest BCUT2D eigenvalue weighted by molar-refractivity contribution is -0.117. The molecule has 1 fully saturated rings. The molecule has 0 aliphatic carbocycles. The van der Waals surface area contributed by atoms with Crippen LogP contribution in [0, 0.1) is 13.8 Å². The summed E-state index contributed by atoms with van der Waals surface area (Å²) in [6.45, 7) is 4.68. The smallest absolute Gasteiger partial charge is 0.228 e. The lowest BCUT2D eigenvalue weighted by Gasteiger charge is -2.15. The molecule has 1 aliphatic heterocycles. The van der Waals surface area contributed by atoms with E-state index in [1.807, 2.05) is 56.3 Å². The van der Waals surface area contributed by atoms with Crippen LogP contribution >= 0.6 is 0 Å². The number of hydrogen-bond donors (Lipinski definition) is 1. The van der Waals surface area contributed by atoms with E-state index in [2.05, 4.69) is 15.4 Å². The number of benzene rings is 1. The minimum Gasteiger partial charge on any atom is -0.324 e. The first-order valence-corrected chi connectivity index (χ1v) is 9.68. The highest BCUT2D eigenvalue weighted by molar-refractivity contribution is 5.95. The number of carbonyl (C=O) groups excluding carboxylic acids is 2. The third-order valence-corrected chi connectivity index (χ3v) is 4.94. The number of pyridine rings is 1. The van der Waals surface area contributed by atoms with Crippen LogP contribution in [-0.2, 0) is 16.0 Å². The molecule has 0 radical (unpaired) electrons. The second-order valence-corrected chi connectivity index (χ2v) is 7.28. The number of aryl methyl sites for hydroxylation is 2. The SMILES string of the molecule is Cc1cc(C)n(-c2ccc(NC(=O)Cc3ccc(N4CCCC4=O)cc3)cn2)n1. The zero-order valence-electron chi connectivity index (χ0n) is 16.6. The van der Waals surface area contributed by atoms with Crippen LogP contribution in [-0.4, -0.2) is 33.1 Å². The van der Waals surface area contributed by atoms with E-state index in [4.69, 9.17) is 0 Å². The highest BCUT2D eigenvalue weighted by atomic mass is 16.2. The topological polar surface area (TPSA) is 80.1 Å². The molecule has 0 atom stereocenters. The fourth-order valence-electron chi connectivity index (χ4n) is 3.55. The van der Waals surface area contributed by atoms with Gasteiger partial charge in [0.05, 0.1) is 24.0 Å². The molecule has 1 N–H and O–H groups in total. The molecule has 3 aromatic rings. The molecular formula is C22H23N5O2. The summed E-state index contributed by atoms with van der Waals surface area (Å²) < 4.78 is 1.77. The Morgan fingerprint density at radius 1 is 1.14 bits per heavy atom. The van der Waals surface area contributed by atoms with E-state index in [0.717, 1.165) is 35.6 Å². The molecule has 7 heteroatoms. The Hall–Kier alpha value is -3.48. The van der Waals surface area contributed by atoms with Crippen molar-refractivity contribution in [1.29, 1.82) is 0 Å². The van der Waals surface area contributed by atoms with Gasteiger partial charge in [-0.05, 0) is 56.2 Å². The Bertz CT molecular complexity index is 1040. The molecule has 1 aliphatic rings. The van der Waals surface area contributed by atoms with Gasteiger partial charge >= 0.3 is 0 Å². The molecule has 1 saturated heterocycles. The molecule has 0 bridgehead atoms. The lowest BCUT2D eigenvalue weighted by atomic mass is 10.1. The van der Waals surface area contributed by atoms with Crippen LogP contribution in [0.3, 0.4) is 0 Å². The second kappa shape index (κ2) is 7.87. The first kappa shape index (κ1) is 18.9. The Morgan fingerprint density at radius 2 is 1.93 bits per heavy atom. The molecule has 1 aromatic carbocycles. The maximum absolute atomic E-state index is 12.4. The Morgan fingerprint density at radius 3 is 2.52 bits per heavy atom. The summed E-state index contributed by atoms with van der Waals surface area (Å²) in [5.41, 5.74) is 4.36. The third-order valence-electron chi connectivity index (χ3n) is 4.94. The van der Waals surface area contributed by atoms with Crippen LogP contribution in [0.1, 0.15) is 29.8 Å². The minimum absolute atomic E-state index is 0.115. The quantitative estimate of drug-likeness (QED) is 0.727. The largest absolute Gasteiger partial charge is 0.324 e. The normalized spacial score (nSPS) is 13.7. The maximum atomic E-state index is 12.4. The van der Waals surface area contributed by atoms with E-state index in [1.165, 1.54) is 0 Å². The minimum atomic E-state index is -0.115. The van der Waals surface area contributed by atoms with E-state index in [1.54, 1.807) is 15.8 Å². The van der Waals surface area contributed by atoms with E-state index < -0.39 is 0 Å². The standard InChI is InChI=1S/C22H23N5O2/c1-15-12-16(2)27(25-15)20-10-7-18(14-23-20)24-21(28)13-17-5-8-19(9-6-17)26-11-3-4-22(26)29/h5-10,12,14H,3-4,11,13H2,1-2H3,(H,24,28). The summed E-state index contributed by atoms with van der Waals surface area (Å²) in [6.07, 6.45) is 3.39. The van der Waals surface area contributed by atoms with Crippen LogP contribution in [0.2, 0.25) is 0 Å². The van der Waals surface area contributed by atoms with Gasteiger partial charge in [0.15, 0.2) is 5.82 Å². The van der Waals surface area contributed by atoms with Gasteiger partial charge in [-0.15, -0.1) is 0 Å². The van der Waals surface area contributed by atoms with Crippen molar-refractivity contribution >= 4 is 23.2 Å². The van der Waals surface area contributed by atoms with Crippen molar-refractivity contribution in [2.75, 3.05) is 16.8 Å². The molecule has 3 heterocycles. The van der Waals surface area contributed by atoms with Gasteiger partial charge in [0.2, 0.25) is 11.8 Å². The summed E-state index contributed by atoms with van der Waals surface area (Å²) in [6, 6.07) is 13.2. The molecule has 0 unspecified atom stereocenters. The first-order valence-electron chi connectivity index (χ1n) is 9.68. The van der Waals surface area contributed by atoms with Crippen LogP contribution in [0.4, 0.5) is 11.4 Å². The molecule has 0 saturated carbocycles. The molecule has 0 spiro atoms. The zero-order chi connectivity index (χ0) is 20.4. The summed E-state index contributed by atoms with van der Waals surface area (Å²) in [7, 11) is 0. The van der Waals surface area contributed by atoms with Crippen molar-refractivity contribution in [2.45, 2.75) is 33.1 Å². The van der Waals surface area contributed by atoms with Gasteiger partial charge in [-0.25, -0.2) is 9.67 Å². The predicted octanol–water partition coefficient (Wildman–Crippen LogP) is 3.19. The van der Waals surface area contributed by atoms with Crippen molar-refractivity contribution in [3.63, 3.8) is 0 Å². The van der Waals surface area contributed by atoms with Gasteiger partial charge in [0.1, 0.15) is 0 Å². The van der Waals surface area contributed by atoms with Crippen molar-refractivity contribution in [3.8, 4) is 5.82 Å². The molecule has 148 valence electrons. The highest BCUT2D eigenvalue weighted by Crippen LogP contribution is 2.22. The number of carbonyl (C=O) groups is 2. The molecule has 29 heavy (non-hydrogen) atoms. The van der Waals surface area contributed by atoms with Crippen LogP contribution in [0.5, 0.6) is 0 Å². The van der Waals surface area contributed by atoms with E-state index in [9.17, 15) is 9.59 Å². The molecular weight excluding hydrogens is 366 g/mol.